The van der Waals surface area contributed by atoms with Crippen LogP contribution in [-0.4, -0.2) is 50.7 Å². The van der Waals surface area contributed by atoms with Gasteiger partial charge in [0, 0.05) is 31.1 Å². The van der Waals surface area contributed by atoms with Crippen molar-refractivity contribution < 1.29 is 22.7 Å². The number of pyridine rings is 1. The standard InChI is InChI=1S/C21H20F3N5O2S/c22-21(23,24)15-5-1-6-16(10-15)29-19(14-4-2-8-25-11-14)27-28-20(29)32-13-18(30)26-12-17-7-3-9-31-17/h1-2,4-6,8,10-11,17H,3,7,9,12-13H2,(H,26,30)/t17-/m1/s1. The molecule has 0 bridgehead atoms. The molecule has 1 aromatic carbocycles. The van der Waals surface area contributed by atoms with Crippen molar-refractivity contribution in [3.8, 4) is 17.1 Å². The third-order valence-electron chi connectivity index (χ3n) is 4.87. The topological polar surface area (TPSA) is 81.9 Å². The minimum absolute atomic E-state index is 0.0231. The monoisotopic (exact) mass is 463 g/mol. The van der Waals surface area contributed by atoms with E-state index >= 15 is 0 Å². The fraction of sp³-hybridized carbons (Fsp3) is 0.333. The van der Waals surface area contributed by atoms with E-state index in [9.17, 15) is 18.0 Å². The van der Waals surface area contributed by atoms with Gasteiger partial charge in [0.25, 0.3) is 0 Å². The maximum absolute atomic E-state index is 13.3. The Labute approximate surface area is 186 Å². The van der Waals surface area contributed by atoms with Crippen LogP contribution in [0.15, 0.2) is 53.9 Å². The summed E-state index contributed by atoms with van der Waals surface area (Å²) in [5.74, 6) is 0.156. The van der Waals surface area contributed by atoms with Gasteiger partial charge in [0.05, 0.1) is 23.1 Å². The van der Waals surface area contributed by atoms with E-state index in [2.05, 4.69) is 20.5 Å². The summed E-state index contributed by atoms with van der Waals surface area (Å²) in [6, 6.07) is 8.34. The number of aromatic nitrogens is 4. The highest BCUT2D eigenvalue weighted by molar-refractivity contribution is 7.99. The van der Waals surface area contributed by atoms with Gasteiger partial charge in [-0.3, -0.25) is 14.3 Å². The summed E-state index contributed by atoms with van der Waals surface area (Å²) in [4.78, 5) is 16.3. The van der Waals surface area contributed by atoms with Gasteiger partial charge in [-0.05, 0) is 43.2 Å². The van der Waals surface area contributed by atoms with Gasteiger partial charge in [-0.25, -0.2) is 0 Å². The molecule has 3 aromatic rings. The van der Waals surface area contributed by atoms with Crippen molar-refractivity contribution in [2.24, 2.45) is 0 Å². The van der Waals surface area contributed by atoms with Gasteiger partial charge in [0.15, 0.2) is 11.0 Å². The minimum Gasteiger partial charge on any atom is -0.376 e. The number of thioether (sulfide) groups is 1. The number of carbonyl (C=O) groups excluding carboxylic acids is 1. The molecule has 1 aliphatic rings. The molecule has 3 heterocycles. The summed E-state index contributed by atoms with van der Waals surface area (Å²) in [6.07, 6.45) is 0.556. The van der Waals surface area contributed by atoms with Crippen molar-refractivity contribution >= 4 is 17.7 Å². The van der Waals surface area contributed by atoms with Crippen LogP contribution in [-0.2, 0) is 15.7 Å². The molecule has 1 atom stereocenters. The first-order chi connectivity index (χ1) is 15.4. The van der Waals surface area contributed by atoms with E-state index in [-0.39, 0.29) is 23.5 Å². The van der Waals surface area contributed by atoms with Crippen molar-refractivity contribution in [2.45, 2.75) is 30.3 Å². The van der Waals surface area contributed by atoms with Gasteiger partial charge in [-0.2, -0.15) is 13.2 Å². The molecule has 1 N–H and O–H groups in total. The number of hydrogen-bond acceptors (Lipinski definition) is 6. The molecule has 11 heteroatoms. The average molecular weight is 463 g/mol. The van der Waals surface area contributed by atoms with Gasteiger partial charge < -0.3 is 10.1 Å². The molecule has 1 aliphatic heterocycles. The molecule has 32 heavy (non-hydrogen) atoms. The second-order valence-electron chi connectivity index (χ2n) is 7.16. The van der Waals surface area contributed by atoms with Gasteiger partial charge in [-0.15, -0.1) is 10.2 Å². The molecule has 7 nitrogen and oxygen atoms in total. The van der Waals surface area contributed by atoms with Crippen LogP contribution in [0.2, 0.25) is 0 Å². The van der Waals surface area contributed by atoms with Crippen LogP contribution in [0.5, 0.6) is 0 Å². The van der Waals surface area contributed by atoms with E-state index < -0.39 is 11.7 Å². The molecule has 0 radical (unpaired) electrons. The predicted molar refractivity (Wildman–Crippen MR) is 112 cm³/mol. The maximum atomic E-state index is 13.3. The number of ether oxygens (including phenoxy) is 1. The van der Waals surface area contributed by atoms with Gasteiger partial charge in [-0.1, -0.05) is 17.8 Å². The Morgan fingerprint density at radius 1 is 1.25 bits per heavy atom. The molecule has 0 saturated carbocycles. The Morgan fingerprint density at radius 3 is 2.84 bits per heavy atom. The zero-order chi connectivity index (χ0) is 22.6. The largest absolute Gasteiger partial charge is 0.416 e. The highest BCUT2D eigenvalue weighted by atomic mass is 32.2. The summed E-state index contributed by atoms with van der Waals surface area (Å²) in [6.45, 7) is 1.13. The maximum Gasteiger partial charge on any atom is 0.416 e. The number of carbonyl (C=O) groups is 1. The molecule has 1 fully saturated rings. The van der Waals surface area contributed by atoms with Crippen molar-refractivity contribution in [3.05, 3.63) is 54.4 Å². The first-order valence-corrected chi connectivity index (χ1v) is 10.9. The van der Waals surface area contributed by atoms with Crippen LogP contribution in [0, 0.1) is 0 Å². The van der Waals surface area contributed by atoms with E-state index in [0.29, 0.717) is 29.7 Å². The van der Waals surface area contributed by atoms with Crippen LogP contribution in [0.4, 0.5) is 13.2 Å². The molecule has 1 saturated heterocycles. The van der Waals surface area contributed by atoms with Crippen molar-refractivity contribution in [2.75, 3.05) is 18.9 Å². The lowest BCUT2D eigenvalue weighted by Crippen LogP contribution is -2.32. The summed E-state index contributed by atoms with van der Waals surface area (Å²) >= 11 is 1.10. The molecular weight excluding hydrogens is 443 g/mol. The Bertz CT molecular complexity index is 1070. The number of benzene rings is 1. The summed E-state index contributed by atoms with van der Waals surface area (Å²) in [7, 11) is 0. The van der Waals surface area contributed by atoms with Crippen molar-refractivity contribution in [1.82, 2.24) is 25.1 Å². The predicted octanol–water partition coefficient (Wildman–Crippen LogP) is 3.74. The third-order valence-corrected chi connectivity index (χ3v) is 5.80. The number of alkyl halides is 3. The van der Waals surface area contributed by atoms with Gasteiger partial charge in [0.2, 0.25) is 5.91 Å². The molecule has 4 rings (SSSR count). The van der Waals surface area contributed by atoms with Crippen molar-refractivity contribution in [3.63, 3.8) is 0 Å². The quantitative estimate of drug-likeness (QED) is 0.538. The van der Waals surface area contributed by atoms with E-state index in [0.717, 1.165) is 36.7 Å². The van der Waals surface area contributed by atoms with Crippen LogP contribution in [0.25, 0.3) is 17.1 Å². The highest BCUT2D eigenvalue weighted by Gasteiger charge is 2.31. The Kier molecular flexibility index (Phi) is 6.75. The highest BCUT2D eigenvalue weighted by Crippen LogP contribution is 2.33. The molecule has 0 spiro atoms. The molecule has 2 aromatic heterocycles. The van der Waals surface area contributed by atoms with E-state index in [1.54, 1.807) is 30.6 Å². The van der Waals surface area contributed by atoms with Crippen LogP contribution < -0.4 is 5.32 Å². The molecule has 0 aliphatic carbocycles. The van der Waals surface area contributed by atoms with E-state index in [4.69, 9.17) is 4.74 Å². The van der Waals surface area contributed by atoms with Crippen LogP contribution >= 0.6 is 11.8 Å². The fourth-order valence-corrected chi connectivity index (χ4v) is 4.10. The first kappa shape index (κ1) is 22.3. The summed E-state index contributed by atoms with van der Waals surface area (Å²) < 4.78 is 46.8. The van der Waals surface area contributed by atoms with Crippen LogP contribution in [0.1, 0.15) is 18.4 Å². The van der Waals surface area contributed by atoms with E-state index in [1.165, 1.54) is 10.6 Å². The number of nitrogens with one attached hydrogen (secondary N) is 1. The number of rotatable bonds is 7. The number of hydrogen-bond donors (Lipinski definition) is 1. The first-order valence-electron chi connectivity index (χ1n) is 9.96. The van der Waals surface area contributed by atoms with Gasteiger partial charge in [0.1, 0.15) is 0 Å². The molecule has 0 unspecified atom stereocenters. The van der Waals surface area contributed by atoms with Crippen molar-refractivity contribution in [1.29, 1.82) is 0 Å². The second-order valence-corrected chi connectivity index (χ2v) is 8.10. The lowest BCUT2D eigenvalue weighted by atomic mass is 10.2. The molecular formula is C21H20F3N5O2S. The van der Waals surface area contributed by atoms with Crippen LogP contribution in [0.3, 0.4) is 0 Å². The third kappa shape index (κ3) is 5.28. The second kappa shape index (κ2) is 9.70. The fourth-order valence-electron chi connectivity index (χ4n) is 3.31. The number of halogens is 3. The summed E-state index contributed by atoms with van der Waals surface area (Å²) in [5, 5.41) is 11.4. The summed E-state index contributed by atoms with van der Waals surface area (Å²) in [5.41, 5.74) is 0.0455. The zero-order valence-corrected chi connectivity index (χ0v) is 17.7. The number of nitrogens with zero attached hydrogens (tertiary/aromatic N) is 4. The number of amides is 1. The molecule has 168 valence electrons. The van der Waals surface area contributed by atoms with E-state index in [1.807, 2.05) is 0 Å². The minimum atomic E-state index is -4.49. The molecule has 1 amide bonds. The zero-order valence-electron chi connectivity index (χ0n) is 16.9. The average Bonchev–Trinajstić information content (AvgIpc) is 3.46. The Balaban J connectivity index is 1.59. The van der Waals surface area contributed by atoms with Gasteiger partial charge >= 0.3 is 6.18 Å². The SMILES string of the molecule is O=C(CSc1nnc(-c2cccnc2)n1-c1cccc(C(F)(F)F)c1)NC[C@H]1CCCO1. The normalized spacial score (nSPS) is 16.3. The Hall–Kier alpha value is -2.92. The Morgan fingerprint density at radius 2 is 2.12 bits per heavy atom. The smallest absolute Gasteiger partial charge is 0.376 e. The lowest BCUT2D eigenvalue weighted by Gasteiger charge is -2.13. The lowest BCUT2D eigenvalue weighted by molar-refractivity contribution is -0.137.